The zero-order chi connectivity index (χ0) is 22.9. The Balaban J connectivity index is 2.85. The molecule has 1 N–H and O–H groups in total. The molecule has 1 aromatic rings. The van der Waals surface area contributed by atoms with E-state index < -0.39 is 34.3 Å². The highest BCUT2D eigenvalue weighted by Crippen LogP contribution is 2.12. The lowest BCUT2D eigenvalue weighted by Crippen LogP contribution is -2.50. The number of ether oxygens (including phenoxy) is 1. The molecule has 0 saturated heterocycles. The maximum absolute atomic E-state index is 13.2. The summed E-state index contributed by atoms with van der Waals surface area (Å²) in [7, 11) is -2.27. The minimum Gasteiger partial charge on any atom is -0.379 e. The smallest absolute Gasteiger partial charge is 0.242 e. The maximum Gasteiger partial charge on any atom is 0.242 e. The van der Waals surface area contributed by atoms with Gasteiger partial charge in [0.1, 0.15) is 11.9 Å². The first-order chi connectivity index (χ1) is 13.9. The van der Waals surface area contributed by atoms with Crippen molar-refractivity contribution in [2.45, 2.75) is 45.9 Å². The van der Waals surface area contributed by atoms with Crippen LogP contribution in [-0.2, 0) is 30.9 Å². The van der Waals surface area contributed by atoms with Gasteiger partial charge in [0.15, 0.2) is 0 Å². The van der Waals surface area contributed by atoms with Gasteiger partial charge in [-0.15, -0.1) is 0 Å². The molecule has 1 rings (SSSR count). The average molecular weight is 446 g/mol. The van der Waals surface area contributed by atoms with Crippen LogP contribution >= 0.6 is 0 Å². The molecule has 0 aliphatic heterocycles. The van der Waals surface area contributed by atoms with E-state index in [-0.39, 0.29) is 18.6 Å². The zero-order valence-electron chi connectivity index (χ0n) is 18.2. The van der Waals surface area contributed by atoms with Crippen molar-refractivity contribution >= 4 is 21.8 Å². The lowest BCUT2D eigenvalue weighted by atomic mass is 10.1. The number of nitrogens with zero attached hydrogens (tertiary/aromatic N) is 2. The van der Waals surface area contributed by atoms with Crippen molar-refractivity contribution in [2.75, 3.05) is 33.0 Å². The summed E-state index contributed by atoms with van der Waals surface area (Å²) in [5.74, 6) is -1.31. The van der Waals surface area contributed by atoms with E-state index in [0.717, 1.165) is 10.6 Å². The molecule has 0 spiro atoms. The van der Waals surface area contributed by atoms with Gasteiger partial charge in [0.2, 0.25) is 21.8 Å². The number of rotatable bonds is 12. The molecule has 0 heterocycles. The topological polar surface area (TPSA) is 96.0 Å². The van der Waals surface area contributed by atoms with E-state index in [1.807, 2.05) is 13.8 Å². The molecule has 30 heavy (non-hydrogen) atoms. The number of hydrogen-bond donors (Lipinski definition) is 1. The zero-order valence-corrected chi connectivity index (χ0v) is 19.0. The standard InChI is InChI=1S/C20H32FN3O5S/c1-15(2)29-12-6-11-22-20(26)16(3)24(13-17-7-9-18(21)10-8-17)19(25)14-23(4)30(5,27)28/h7-10,15-16H,6,11-14H2,1-5H3,(H,22,26)/t16-/m1/s1. The SMILES string of the molecule is CC(C)OCCCNC(=O)[C@@H](C)N(Cc1ccc(F)cc1)C(=O)CN(C)S(C)(=O)=O. The van der Waals surface area contributed by atoms with Crippen LogP contribution in [0.2, 0.25) is 0 Å². The Labute approximate surface area is 178 Å². The van der Waals surface area contributed by atoms with Crippen molar-refractivity contribution in [3.05, 3.63) is 35.6 Å². The fourth-order valence-electron chi connectivity index (χ4n) is 2.52. The van der Waals surface area contributed by atoms with Gasteiger partial charge in [-0.3, -0.25) is 9.59 Å². The van der Waals surface area contributed by atoms with E-state index in [1.165, 1.54) is 36.2 Å². The summed E-state index contributed by atoms with van der Waals surface area (Å²) in [6.45, 7) is 5.95. The molecule has 0 aliphatic carbocycles. The molecule has 10 heteroatoms. The number of amides is 2. The van der Waals surface area contributed by atoms with E-state index in [4.69, 9.17) is 4.74 Å². The molecule has 8 nitrogen and oxygen atoms in total. The first kappa shape index (κ1) is 26.0. The third kappa shape index (κ3) is 9.19. The van der Waals surface area contributed by atoms with Gasteiger partial charge in [-0.2, -0.15) is 4.31 Å². The van der Waals surface area contributed by atoms with Gasteiger partial charge in [-0.05, 0) is 44.9 Å². The Kier molecular flexibility index (Phi) is 10.4. The lowest BCUT2D eigenvalue weighted by molar-refractivity contribution is -0.140. The number of carbonyl (C=O) groups excluding carboxylic acids is 2. The number of nitrogens with one attached hydrogen (secondary N) is 1. The van der Waals surface area contributed by atoms with Crippen LogP contribution in [0, 0.1) is 5.82 Å². The molecule has 0 saturated carbocycles. The van der Waals surface area contributed by atoms with Crippen LogP contribution in [0.1, 0.15) is 32.8 Å². The predicted molar refractivity (Wildman–Crippen MR) is 113 cm³/mol. The van der Waals surface area contributed by atoms with Crippen molar-refractivity contribution in [3.8, 4) is 0 Å². The third-order valence-corrected chi connectivity index (χ3v) is 5.69. The van der Waals surface area contributed by atoms with Crippen LogP contribution in [0.25, 0.3) is 0 Å². The Hall–Kier alpha value is -2.04. The van der Waals surface area contributed by atoms with Crippen LogP contribution < -0.4 is 5.32 Å². The summed E-state index contributed by atoms with van der Waals surface area (Å²) in [6, 6.07) is 4.72. The first-order valence-electron chi connectivity index (χ1n) is 9.76. The predicted octanol–water partition coefficient (Wildman–Crippen LogP) is 1.37. The number of sulfonamides is 1. The molecule has 0 radical (unpaired) electrons. The summed E-state index contributed by atoms with van der Waals surface area (Å²) in [6.07, 6.45) is 1.73. The van der Waals surface area contributed by atoms with Crippen molar-refractivity contribution in [2.24, 2.45) is 0 Å². The summed E-state index contributed by atoms with van der Waals surface area (Å²) in [4.78, 5) is 26.7. The second-order valence-electron chi connectivity index (χ2n) is 7.41. The maximum atomic E-state index is 13.2. The van der Waals surface area contributed by atoms with Crippen LogP contribution in [0.15, 0.2) is 24.3 Å². The number of benzene rings is 1. The molecular formula is C20H32FN3O5S. The van der Waals surface area contributed by atoms with Gasteiger partial charge < -0.3 is 15.0 Å². The highest BCUT2D eigenvalue weighted by atomic mass is 32.2. The molecule has 0 aromatic heterocycles. The Morgan fingerprint density at radius 3 is 2.30 bits per heavy atom. The monoisotopic (exact) mass is 445 g/mol. The average Bonchev–Trinajstić information content (AvgIpc) is 2.65. The minimum absolute atomic E-state index is 0.0434. The fraction of sp³-hybridized carbons (Fsp3) is 0.600. The molecule has 0 bridgehead atoms. The van der Waals surface area contributed by atoms with Gasteiger partial charge in [-0.25, -0.2) is 12.8 Å². The Morgan fingerprint density at radius 1 is 1.17 bits per heavy atom. The quantitative estimate of drug-likeness (QED) is 0.490. The van der Waals surface area contributed by atoms with Crippen LogP contribution in [0.4, 0.5) is 4.39 Å². The van der Waals surface area contributed by atoms with E-state index in [0.29, 0.717) is 25.1 Å². The van der Waals surface area contributed by atoms with Gasteiger partial charge in [0, 0.05) is 26.7 Å². The first-order valence-corrected chi connectivity index (χ1v) is 11.6. The van der Waals surface area contributed by atoms with Crippen LogP contribution in [-0.4, -0.2) is 74.6 Å². The van der Waals surface area contributed by atoms with E-state index in [1.54, 1.807) is 6.92 Å². The molecule has 170 valence electrons. The molecule has 0 unspecified atom stereocenters. The summed E-state index contributed by atoms with van der Waals surface area (Å²) in [5.41, 5.74) is 0.622. The summed E-state index contributed by atoms with van der Waals surface area (Å²) < 4.78 is 42.9. The van der Waals surface area contributed by atoms with Gasteiger partial charge >= 0.3 is 0 Å². The third-order valence-electron chi connectivity index (χ3n) is 4.43. The van der Waals surface area contributed by atoms with E-state index in [9.17, 15) is 22.4 Å². The highest BCUT2D eigenvalue weighted by Gasteiger charge is 2.28. The highest BCUT2D eigenvalue weighted by molar-refractivity contribution is 7.88. The van der Waals surface area contributed by atoms with Crippen molar-refractivity contribution in [3.63, 3.8) is 0 Å². The molecular weight excluding hydrogens is 413 g/mol. The van der Waals surface area contributed by atoms with Crippen molar-refractivity contribution in [1.82, 2.24) is 14.5 Å². The van der Waals surface area contributed by atoms with Gasteiger partial charge in [0.25, 0.3) is 0 Å². The normalized spacial score (nSPS) is 12.8. The fourth-order valence-corrected chi connectivity index (χ4v) is 2.86. The summed E-state index contributed by atoms with van der Waals surface area (Å²) >= 11 is 0. The van der Waals surface area contributed by atoms with Gasteiger partial charge in [-0.1, -0.05) is 12.1 Å². The minimum atomic E-state index is -3.56. The van der Waals surface area contributed by atoms with Crippen LogP contribution in [0.5, 0.6) is 0 Å². The van der Waals surface area contributed by atoms with Crippen LogP contribution in [0.3, 0.4) is 0 Å². The molecule has 1 aromatic carbocycles. The Morgan fingerprint density at radius 2 is 1.77 bits per heavy atom. The molecule has 0 aliphatic rings. The number of halogens is 1. The second kappa shape index (κ2) is 12.0. The van der Waals surface area contributed by atoms with E-state index in [2.05, 4.69) is 5.32 Å². The molecule has 1 atom stereocenters. The van der Waals surface area contributed by atoms with Crippen molar-refractivity contribution in [1.29, 1.82) is 0 Å². The number of carbonyl (C=O) groups is 2. The Bertz CT molecular complexity index is 799. The van der Waals surface area contributed by atoms with Crippen molar-refractivity contribution < 1.29 is 27.1 Å². The summed E-state index contributed by atoms with van der Waals surface area (Å²) in [5, 5.41) is 2.77. The number of likely N-dealkylation sites (N-methyl/N-ethyl adjacent to an activating group) is 1. The molecule has 2 amide bonds. The second-order valence-corrected chi connectivity index (χ2v) is 9.50. The lowest BCUT2D eigenvalue weighted by Gasteiger charge is -2.30. The largest absolute Gasteiger partial charge is 0.379 e. The number of hydrogen-bond acceptors (Lipinski definition) is 5. The molecule has 0 fully saturated rings. The van der Waals surface area contributed by atoms with E-state index >= 15 is 0 Å². The van der Waals surface area contributed by atoms with Gasteiger partial charge in [0.05, 0.1) is 18.9 Å².